The normalized spacial score (nSPS) is 19.8. The summed E-state index contributed by atoms with van der Waals surface area (Å²) in [6, 6.07) is 8.20. The first-order valence-corrected chi connectivity index (χ1v) is 10.8. The molecule has 4 heterocycles. The minimum absolute atomic E-state index is 0.156. The molecule has 0 saturated carbocycles. The molecule has 0 bridgehead atoms. The van der Waals surface area contributed by atoms with Crippen LogP contribution in [0.4, 0.5) is 14.9 Å². The summed E-state index contributed by atoms with van der Waals surface area (Å²) in [6.07, 6.45) is 4.33. The number of carbonyl (C=O) groups is 1. The Bertz CT molecular complexity index is 1180. The number of rotatable bonds is 8. The third kappa shape index (κ3) is 4.60. The highest BCUT2D eigenvalue weighted by molar-refractivity contribution is 5.99. The average molecular weight is 465 g/mol. The van der Waals surface area contributed by atoms with Crippen molar-refractivity contribution >= 4 is 17.5 Å². The van der Waals surface area contributed by atoms with Gasteiger partial charge in [0.2, 0.25) is 0 Å². The first kappa shape index (κ1) is 22.0. The second-order valence-corrected chi connectivity index (χ2v) is 7.88. The van der Waals surface area contributed by atoms with E-state index in [2.05, 4.69) is 27.4 Å². The van der Waals surface area contributed by atoms with Crippen LogP contribution in [0.5, 0.6) is 0 Å². The molecule has 34 heavy (non-hydrogen) atoms. The van der Waals surface area contributed by atoms with Crippen LogP contribution >= 0.6 is 0 Å². The van der Waals surface area contributed by atoms with Gasteiger partial charge in [-0.2, -0.15) is 0 Å². The van der Waals surface area contributed by atoms with Crippen molar-refractivity contribution in [3.05, 3.63) is 67.4 Å². The van der Waals surface area contributed by atoms with Crippen LogP contribution in [0, 0.1) is 12.7 Å². The van der Waals surface area contributed by atoms with E-state index in [0.717, 1.165) is 0 Å². The number of pyridine rings is 1. The van der Waals surface area contributed by atoms with Crippen LogP contribution in [0.2, 0.25) is 0 Å². The molecule has 10 nitrogen and oxygen atoms in total. The zero-order valence-electron chi connectivity index (χ0n) is 18.2. The maximum Gasteiger partial charge on any atom is 0.414 e. The summed E-state index contributed by atoms with van der Waals surface area (Å²) in [5.41, 5.74) is 2.78. The number of carbonyl (C=O) groups excluding carboxylic acids is 1. The van der Waals surface area contributed by atoms with Crippen molar-refractivity contribution in [2.45, 2.75) is 25.2 Å². The standard InChI is InChI=1S/C23H22FN6O4/c1-2-32-14-17-10-22(27-34-17)21-6-3-15(11-25-21)19-5-4-16(9-20(19)24)30-13-18(33-23(30)31)12-29-8-7-26-28-29/h3-9,11,17-18H,1-2,10,12-14H2/t17-,18-/m0/s1. The Morgan fingerprint density at radius 3 is 2.88 bits per heavy atom. The molecule has 0 spiro atoms. The molecule has 5 rings (SSSR count). The van der Waals surface area contributed by atoms with Crippen molar-refractivity contribution in [2.75, 3.05) is 24.7 Å². The van der Waals surface area contributed by atoms with Gasteiger partial charge in [0.25, 0.3) is 0 Å². The highest BCUT2D eigenvalue weighted by Crippen LogP contribution is 2.29. The first-order valence-electron chi connectivity index (χ1n) is 10.8. The van der Waals surface area contributed by atoms with Gasteiger partial charge in [0.05, 0.1) is 37.3 Å². The Labute approximate surface area is 194 Å². The van der Waals surface area contributed by atoms with Crippen LogP contribution in [-0.2, 0) is 20.9 Å². The van der Waals surface area contributed by atoms with Crippen molar-refractivity contribution in [1.82, 2.24) is 20.0 Å². The van der Waals surface area contributed by atoms with Gasteiger partial charge in [-0.15, -0.1) is 5.10 Å². The molecule has 2 aromatic heterocycles. The van der Waals surface area contributed by atoms with Crippen molar-refractivity contribution in [1.29, 1.82) is 0 Å². The number of amides is 1. The third-order valence-electron chi connectivity index (χ3n) is 5.55. The van der Waals surface area contributed by atoms with Gasteiger partial charge in [0, 0.05) is 36.5 Å². The van der Waals surface area contributed by atoms with Crippen molar-refractivity contribution < 1.29 is 23.5 Å². The molecule has 1 radical (unpaired) electrons. The lowest BCUT2D eigenvalue weighted by Gasteiger charge is -2.14. The number of benzene rings is 1. The van der Waals surface area contributed by atoms with Gasteiger partial charge in [-0.25, -0.2) is 13.9 Å². The lowest BCUT2D eigenvalue weighted by Crippen LogP contribution is -2.26. The maximum atomic E-state index is 15.0. The molecule has 1 fully saturated rings. The Morgan fingerprint density at radius 2 is 2.15 bits per heavy atom. The van der Waals surface area contributed by atoms with E-state index in [1.54, 1.807) is 47.5 Å². The summed E-state index contributed by atoms with van der Waals surface area (Å²) in [5.74, 6) is -0.466. The van der Waals surface area contributed by atoms with Gasteiger partial charge in [0.15, 0.2) is 6.10 Å². The highest BCUT2D eigenvalue weighted by atomic mass is 19.1. The van der Waals surface area contributed by atoms with E-state index in [1.807, 2.05) is 0 Å². The summed E-state index contributed by atoms with van der Waals surface area (Å²) in [4.78, 5) is 23.5. The maximum absolute atomic E-state index is 15.0. The Hall–Kier alpha value is -3.86. The summed E-state index contributed by atoms with van der Waals surface area (Å²) < 4.78 is 27.2. The van der Waals surface area contributed by atoms with E-state index in [-0.39, 0.29) is 6.10 Å². The predicted octanol–water partition coefficient (Wildman–Crippen LogP) is 2.85. The zero-order chi connectivity index (χ0) is 23.5. The van der Waals surface area contributed by atoms with Gasteiger partial charge in [-0.3, -0.25) is 9.88 Å². The summed E-state index contributed by atoms with van der Waals surface area (Å²) in [5, 5.41) is 11.7. The van der Waals surface area contributed by atoms with Crippen LogP contribution in [0.3, 0.4) is 0 Å². The number of halogens is 1. The molecule has 11 heteroatoms. The Kier molecular flexibility index (Phi) is 6.17. The fourth-order valence-electron chi connectivity index (χ4n) is 3.88. The van der Waals surface area contributed by atoms with Gasteiger partial charge < -0.3 is 14.3 Å². The van der Waals surface area contributed by atoms with Crippen LogP contribution in [-0.4, -0.2) is 63.7 Å². The topological polar surface area (TPSA) is 104 Å². The molecular formula is C23H22FN6O4. The highest BCUT2D eigenvalue weighted by Gasteiger charge is 2.33. The number of hydrogen-bond donors (Lipinski definition) is 0. The largest absolute Gasteiger partial charge is 0.442 e. The Morgan fingerprint density at radius 1 is 1.24 bits per heavy atom. The molecular weight excluding hydrogens is 443 g/mol. The smallest absolute Gasteiger partial charge is 0.414 e. The molecule has 2 atom stereocenters. The number of anilines is 1. The second-order valence-electron chi connectivity index (χ2n) is 7.88. The molecule has 2 aliphatic heterocycles. The fraction of sp³-hybridized carbons (Fsp3) is 0.304. The number of oxime groups is 1. The number of hydrogen-bond acceptors (Lipinski definition) is 8. The Balaban J connectivity index is 1.25. The summed E-state index contributed by atoms with van der Waals surface area (Å²) in [7, 11) is 0. The number of ether oxygens (including phenoxy) is 2. The van der Waals surface area contributed by atoms with E-state index in [4.69, 9.17) is 14.3 Å². The van der Waals surface area contributed by atoms with Crippen LogP contribution in [0.25, 0.3) is 11.1 Å². The van der Waals surface area contributed by atoms with E-state index < -0.39 is 18.0 Å². The first-order chi connectivity index (χ1) is 16.6. The van der Waals surface area contributed by atoms with Gasteiger partial charge in [-0.1, -0.05) is 16.4 Å². The van der Waals surface area contributed by atoms with E-state index in [1.165, 1.54) is 11.0 Å². The molecule has 0 unspecified atom stereocenters. The molecule has 1 aromatic carbocycles. The molecule has 1 amide bonds. The number of cyclic esters (lactones) is 1. The monoisotopic (exact) mass is 465 g/mol. The number of nitrogens with zero attached hydrogens (tertiary/aromatic N) is 6. The minimum atomic E-state index is -0.526. The van der Waals surface area contributed by atoms with Gasteiger partial charge in [0.1, 0.15) is 17.6 Å². The summed E-state index contributed by atoms with van der Waals surface area (Å²) >= 11 is 0. The molecule has 1 saturated heterocycles. The molecule has 2 aliphatic rings. The molecule has 0 N–H and O–H groups in total. The molecule has 3 aromatic rings. The third-order valence-corrected chi connectivity index (χ3v) is 5.55. The van der Waals surface area contributed by atoms with Gasteiger partial charge >= 0.3 is 6.09 Å². The van der Waals surface area contributed by atoms with Crippen molar-refractivity contribution in [3.63, 3.8) is 0 Å². The quantitative estimate of drug-likeness (QED) is 0.504. The average Bonchev–Trinajstić information content (AvgIpc) is 3.60. The summed E-state index contributed by atoms with van der Waals surface area (Å²) in [6.45, 7) is 5.08. The van der Waals surface area contributed by atoms with Crippen LogP contribution < -0.4 is 4.90 Å². The van der Waals surface area contributed by atoms with Gasteiger partial charge in [-0.05, 0) is 31.2 Å². The van der Waals surface area contributed by atoms with Crippen molar-refractivity contribution in [2.24, 2.45) is 5.16 Å². The fourth-order valence-corrected chi connectivity index (χ4v) is 3.88. The molecule has 0 aliphatic carbocycles. The van der Waals surface area contributed by atoms with Crippen molar-refractivity contribution in [3.8, 4) is 11.1 Å². The lowest BCUT2D eigenvalue weighted by atomic mass is 10.0. The lowest BCUT2D eigenvalue weighted by molar-refractivity contribution is 0.0106. The zero-order valence-corrected chi connectivity index (χ0v) is 18.2. The SMILES string of the molecule is [CH2]COC[C@@H]1CC(c2ccc(-c3ccc(N4C[C@H](Cn5ccnn5)OC4=O)cc3F)cn2)=NO1. The predicted molar refractivity (Wildman–Crippen MR) is 119 cm³/mol. The molecule has 175 valence electrons. The van der Waals surface area contributed by atoms with E-state index in [0.29, 0.717) is 60.9 Å². The van der Waals surface area contributed by atoms with E-state index in [9.17, 15) is 9.18 Å². The van der Waals surface area contributed by atoms with Crippen LogP contribution in [0.15, 0.2) is 54.1 Å². The number of aromatic nitrogens is 4. The second kappa shape index (κ2) is 9.56. The minimum Gasteiger partial charge on any atom is -0.442 e. The van der Waals surface area contributed by atoms with Crippen LogP contribution in [0.1, 0.15) is 12.1 Å². The van der Waals surface area contributed by atoms with E-state index >= 15 is 0 Å².